The van der Waals surface area contributed by atoms with Crippen LogP contribution in [0.4, 0.5) is 0 Å². The molecule has 0 aliphatic carbocycles. The molecule has 3 heteroatoms. The Labute approximate surface area is 122 Å². The molecule has 1 unspecified atom stereocenters. The molecule has 1 heterocycles. The zero-order valence-corrected chi connectivity index (χ0v) is 11.2. The van der Waals surface area contributed by atoms with Crippen molar-refractivity contribution in [1.29, 1.82) is 0 Å². The first kappa shape index (κ1) is 12.0. The molecule has 0 fully saturated rings. The molecule has 0 spiro atoms. The molecular formula is C18H12N2O. The minimum Gasteiger partial charge on any atom is -0.265 e. The van der Waals surface area contributed by atoms with Crippen LogP contribution in [0.15, 0.2) is 77.0 Å². The molecule has 100 valence electrons. The Hall–Kier alpha value is -2.81. The Morgan fingerprint density at radius 3 is 2.43 bits per heavy atom. The third-order valence-corrected chi connectivity index (χ3v) is 3.87. The minimum atomic E-state index is -0.262. The summed E-state index contributed by atoms with van der Waals surface area (Å²) in [6.07, 6.45) is 0. The van der Waals surface area contributed by atoms with Gasteiger partial charge in [0.2, 0.25) is 0 Å². The Bertz CT molecular complexity index is 878. The lowest BCUT2D eigenvalue weighted by Crippen LogP contribution is -2.11. The van der Waals surface area contributed by atoms with E-state index in [0.717, 1.165) is 16.5 Å². The summed E-state index contributed by atoms with van der Waals surface area (Å²) in [5.74, 6) is -0.262. The molecule has 4 rings (SSSR count). The molecule has 0 N–H and O–H groups in total. The van der Waals surface area contributed by atoms with E-state index in [0.29, 0.717) is 5.56 Å². The number of hydrogen-bond acceptors (Lipinski definition) is 2. The topological polar surface area (TPSA) is 41.8 Å². The van der Waals surface area contributed by atoms with Crippen molar-refractivity contribution in [3.63, 3.8) is 0 Å². The SMILES string of the molecule is O=C1N=NC(c2cccc3ccccc23)c2ccccc21. The van der Waals surface area contributed by atoms with Crippen molar-refractivity contribution in [2.45, 2.75) is 6.04 Å². The van der Waals surface area contributed by atoms with Gasteiger partial charge in [-0.15, -0.1) is 5.11 Å². The van der Waals surface area contributed by atoms with Crippen LogP contribution in [0.2, 0.25) is 0 Å². The van der Waals surface area contributed by atoms with Crippen LogP contribution in [-0.2, 0) is 0 Å². The smallest absolute Gasteiger partial charge is 0.265 e. The fourth-order valence-electron chi connectivity index (χ4n) is 2.88. The standard InChI is InChI=1S/C18H12N2O/c21-18-16-10-4-3-9-15(16)17(19-20-18)14-11-5-7-12-6-1-2-8-13(12)14/h1-11,17H. The van der Waals surface area contributed by atoms with Crippen LogP contribution in [0.3, 0.4) is 0 Å². The highest BCUT2D eigenvalue weighted by Gasteiger charge is 2.25. The maximum absolute atomic E-state index is 11.9. The van der Waals surface area contributed by atoms with Gasteiger partial charge < -0.3 is 0 Å². The van der Waals surface area contributed by atoms with Gasteiger partial charge in [0, 0.05) is 5.56 Å². The average Bonchev–Trinajstić information content (AvgIpc) is 2.55. The second-order valence-corrected chi connectivity index (χ2v) is 5.08. The Kier molecular flexibility index (Phi) is 2.64. The number of azo groups is 1. The molecular weight excluding hydrogens is 260 g/mol. The van der Waals surface area contributed by atoms with Gasteiger partial charge in [-0.2, -0.15) is 5.11 Å². The van der Waals surface area contributed by atoms with E-state index in [2.05, 4.69) is 34.5 Å². The molecule has 3 aromatic rings. The van der Waals surface area contributed by atoms with Crippen molar-refractivity contribution < 1.29 is 4.79 Å². The Balaban J connectivity index is 1.98. The third-order valence-electron chi connectivity index (χ3n) is 3.87. The summed E-state index contributed by atoms with van der Waals surface area (Å²) in [6.45, 7) is 0. The van der Waals surface area contributed by atoms with Gasteiger partial charge in [-0.05, 0) is 28.0 Å². The lowest BCUT2D eigenvalue weighted by molar-refractivity contribution is 0.0986. The van der Waals surface area contributed by atoms with Crippen molar-refractivity contribution in [1.82, 2.24) is 0 Å². The van der Waals surface area contributed by atoms with Gasteiger partial charge >= 0.3 is 0 Å². The highest BCUT2D eigenvalue weighted by atomic mass is 16.1. The number of carbonyl (C=O) groups is 1. The predicted molar refractivity (Wildman–Crippen MR) is 81.4 cm³/mol. The van der Waals surface area contributed by atoms with Crippen LogP contribution in [-0.4, -0.2) is 5.91 Å². The monoisotopic (exact) mass is 272 g/mol. The van der Waals surface area contributed by atoms with Crippen molar-refractivity contribution in [2.24, 2.45) is 10.2 Å². The zero-order chi connectivity index (χ0) is 14.2. The van der Waals surface area contributed by atoms with E-state index in [1.165, 1.54) is 5.39 Å². The summed E-state index contributed by atoms with van der Waals surface area (Å²) in [5, 5.41) is 10.4. The molecule has 1 atom stereocenters. The zero-order valence-electron chi connectivity index (χ0n) is 11.2. The summed E-state index contributed by atoms with van der Waals surface area (Å²) in [5.41, 5.74) is 2.65. The predicted octanol–water partition coefficient (Wildman–Crippen LogP) is 4.54. The number of amides is 1. The number of nitrogens with zero attached hydrogens (tertiary/aromatic N) is 2. The molecule has 0 radical (unpaired) electrons. The number of benzene rings is 3. The van der Waals surface area contributed by atoms with Crippen molar-refractivity contribution >= 4 is 16.7 Å². The number of hydrogen-bond donors (Lipinski definition) is 0. The summed E-state index contributed by atoms with van der Waals surface area (Å²) in [7, 11) is 0. The molecule has 1 aliphatic rings. The van der Waals surface area contributed by atoms with Gasteiger partial charge in [0.05, 0.1) is 0 Å². The number of carbonyl (C=O) groups excluding carboxylic acids is 1. The van der Waals surface area contributed by atoms with Crippen molar-refractivity contribution in [2.75, 3.05) is 0 Å². The molecule has 0 saturated carbocycles. The molecule has 3 nitrogen and oxygen atoms in total. The second kappa shape index (κ2) is 4.63. The Morgan fingerprint density at radius 2 is 1.48 bits per heavy atom. The minimum absolute atomic E-state index is 0.218. The van der Waals surface area contributed by atoms with Gasteiger partial charge in [-0.1, -0.05) is 60.7 Å². The first-order valence-electron chi connectivity index (χ1n) is 6.86. The molecule has 21 heavy (non-hydrogen) atoms. The van der Waals surface area contributed by atoms with Crippen molar-refractivity contribution in [3.8, 4) is 0 Å². The van der Waals surface area contributed by atoms with Gasteiger partial charge in [-0.25, -0.2) is 0 Å². The fraction of sp³-hybridized carbons (Fsp3) is 0.0556. The van der Waals surface area contributed by atoms with Crippen LogP contribution < -0.4 is 0 Å². The summed E-state index contributed by atoms with van der Waals surface area (Å²) in [4.78, 5) is 11.9. The largest absolute Gasteiger partial charge is 0.295 e. The third kappa shape index (κ3) is 1.86. The number of rotatable bonds is 1. The quantitative estimate of drug-likeness (QED) is 0.641. The van der Waals surface area contributed by atoms with Crippen LogP contribution in [0.25, 0.3) is 10.8 Å². The highest BCUT2D eigenvalue weighted by Crippen LogP contribution is 2.36. The molecule has 3 aromatic carbocycles. The van der Waals surface area contributed by atoms with E-state index in [1.807, 2.05) is 42.5 Å². The maximum Gasteiger partial charge on any atom is 0.295 e. The molecule has 0 bridgehead atoms. The normalized spacial score (nSPS) is 17.0. The van der Waals surface area contributed by atoms with E-state index >= 15 is 0 Å². The van der Waals surface area contributed by atoms with Gasteiger partial charge in [0.25, 0.3) is 5.91 Å². The van der Waals surface area contributed by atoms with Crippen LogP contribution in [0.1, 0.15) is 27.5 Å². The van der Waals surface area contributed by atoms with E-state index in [4.69, 9.17) is 0 Å². The Morgan fingerprint density at radius 1 is 0.762 bits per heavy atom. The van der Waals surface area contributed by atoms with Crippen LogP contribution in [0, 0.1) is 0 Å². The van der Waals surface area contributed by atoms with E-state index in [9.17, 15) is 4.79 Å². The summed E-state index contributed by atoms with van der Waals surface area (Å²) >= 11 is 0. The van der Waals surface area contributed by atoms with E-state index < -0.39 is 0 Å². The average molecular weight is 272 g/mol. The van der Waals surface area contributed by atoms with E-state index in [-0.39, 0.29) is 11.9 Å². The lowest BCUT2D eigenvalue weighted by atomic mass is 9.90. The maximum atomic E-state index is 11.9. The molecule has 1 aliphatic heterocycles. The highest BCUT2D eigenvalue weighted by molar-refractivity contribution is 5.97. The lowest BCUT2D eigenvalue weighted by Gasteiger charge is -2.19. The first-order valence-corrected chi connectivity index (χ1v) is 6.86. The second-order valence-electron chi connectivity index (χ2n) is 5.08. The molecule has 0 saturated heterocycles. The summed E-state index contributed by atoms with van der Waals surface area (Å²) < 4.78 is 0. The van der Waals surface area contributed by atoms with Gasteiger partial charge in [0.15, 0.2) is 0 Å². The number of fused-ring (bicyclic) bond motifs is 2. The fourth-order valence-corrected chi connectivity index (χ4v) is 2.88. The van der Waals surface area contributed by atoms with Crippen LogP contribution >= 0.6 is 0 Å². The molecule has 0 aromatic heterocycles. The van der Waals surface area contributed by atoms with Gasteiger partial charge in [0.1, 0.15) is 6.04 Å². The van der Waals surface area contributed by atoms with Crippen molar-refractivity contribution in [3.05, 3.63) is 83.4 Å². The van der Waals surface area contributed by atoms with Crippen LogP contribution in [0.5, 0.6) is 0 Å². The summed E-state index contributed by atoms with van der Waals surface area (Å²) in [6, 6.07) is 21.7. The van der Waals surface area contributed by atoms with E-state index in [1.54, 1.807) is 0 Å². The first-order chi connectivity index (χ1) is 10.3. The molecule has 1 amide bonds. The van der Waals surface area contributed by atoms with Gasteiger partial charge in [-0.3, -0.25) is 4.79 Å².